The van der Waals surface area contributed by atoms with Gasteiger partial charge in [0, 0.05) is 17.0 Å². The average molecular weight is 355 g/mol. The quantitative estimate of drug-likeness (QED) is 0.491. The van der Waals surface area contributed by atoms with Gasteiger partial charge in [0.15, 0.2) is 5.76 Å². The fourth-order valence-corrected chi connectivity index (χ4v) is 3.53. The Morgan fingerprint density at radius 1 is 1.04 bits per heavy atom. The van der Waals surface area contributed by atoms with Gasteiger partial charge in [-0.25, -0.2) is 4.79 Å². The van der Waals surface area contributed by atoms with Crippen molar-refractivity contribution in [3.63, 3.8) is 0 Å². The van der Waals surface area contributed by atoms with Crippen LogP contribution < -0.4 is 5.32 Å². The summed E-state index contributed by atoms with van der Waals surface area (Å²) in [6.07, 6.45) is 7.05. The Kier molecular flexibility index (Phi) is 6.01. The molecule has 1 saturated carbocycles. The number of thiophene rings is 1. The predicted molar refractivity (Wildman–Crippen MR) is 99.2 cm³/mol. The molecule has 0 unspecified atom stereocenters. The second kappa shape index (κ2) is 8.62. The molecule has 4 nitrogen and oxygen atoms in total. The maximum absolute atomic E-state index is 12.7. The smallest absolute Gasteiger partial charge is 0.343 e. The average Bonchev–Trinajstić information content (AvgIpc) is 3.16. The first-order valence-electron chi connectivity index (χ1n) is 8.55. The molecule has 1 heterocycles. The van der Waals surface area contributed by atoms with Gasteiger partial charge in [-0.15, -0.1) is 11.3 Å². The standard InChI is InChI=1S/C20H21NO3S/c22-19(21-16-10-5-2-6-11-16)18(14-17-12-7-13-25-17)24-20(23)15-8-3-1-4-9-15/h1,3-4,7-9,12-14,16H,2,5-6,10-11H2,(H,21,22)/b18-14-. The molecule has 1 aromatic carbocycles. The van der Waals surface area contributed by atoms with E-state index in [4.69, 9.17) is 4.74 Å². The van der Waals surface area contributed by atoms with Gasteiger partial charge >= 0.3 is 5.97 Å². The highest BCUT2D eigenvalue weighted by Crippen LogP contribution is 2.20. The summed E-state index contributed by atoms with van der Waals surface area (Å²) in [4.78, 5) is 25.9. The van der Waals surface area contributed by atoms with Crippen LogP contribution >= 0.6 is 11.3 Å². The molecule has 0 atom stereocenters. The molecule has 1 aliphatic carbocycles. The highest BCUT2D eigenvalue weighted by Gasteiger charge is 2.21. The van der Waals surface area contributed by atoms with Crippen molar-refractivity contribution >= 4 is 29.3 Å². The van der Waals surface area contributed by atoms with E-state index < -0.39 is 5.97 Å². The van der Waals surface area contributed by atoms with Crippen molar-refractivity contribution in [2.24, 2.45) is 0 Å². The van der Waals surface area contributed by atoms with Gasteiger partial charge < -0.3 is 10.1 Å². The summed E-state index contributed by atoms with van der Waals surface area (Å²) in [7, 11) is 0. The van der Waals surface area contributed by atoms with Crippen molar-refractivity contribution in [2.75, 3.05) is 0 Å². The number of benzene rings is 1. The van der Waals surface area contributed by atoms with Crippen molar-refractivity contribution in [2.45, 2.75) is 38.1 Å². The van der Waals surface area contributed by atoms with Gasteiger partial charge in [-0.2, -0.15) is 0 Å². The molecule has 1 aromatic heterocycles. The summed E-state index contributed by atoms with van der Waals surface area (Å²) in [6, 6.07) is 12.6. The van der Waals surface area contributed by atoms with Crippen molar-refractivity contribution in [3.05, 3.63) is 64.0 Å². The van der Waals surface area contributed by atoms with Gasteiger partial charge in [0.1, 0.15) is 0 Å². The van der Waals surface area contributed by atoms with Crippen LogP contribution in [-0.4, -0.2) is 17.9 Å². The van der Waals surface area contributed by atoms with Crippen LogP contribution in [0.4, 0.5) is 0 Å². The lowest BCUT2D eigenvalue weighted by atomic mass is 9.95. The third-order valence-electron chi connectivity index (χ3n) is 4.19. The van der Waals surface area contributed by atoms with Crippen LogP contribution in [0.1, 0.15) is 47.3 Å². The van der Waals surface area contributed by atoms with Gasteiger partial charge in [0.2, 0.25) is 0 Å². The fourth-order valence-electron chi connectivity index (χ4n) is 2.88. The van der Waals surface area contributed by atoms with E-state index in [2.05, 4.69) is 5.32 Å². The van der Waals surface area contributed by atoms with E-state index in [0.29, 0.717) is 5.56 Å². The topological polar surface area (TPSA) is 55.4 Å². The number of hydrogen-bond donors (Lipinski definition) is 1. The molecule has 25 heavy (non-hydrogen) atoms. The maximum Gasteiger partial charge on any atom is 0.343 e. The third kappa shape index (κ3) is 5.03. The molecular weight excluding hydrogens is 334 g/mol. The molecule has 0 radical (unpaired) electrons. The Morgan fingerprint density at radius 2 is 1.80 bits per heavy atom. The number of hydrogen-bond acceptors (Lipinski definition) is 4. The van der Waals surface area contributed by atoms with E-state index >= 15 is 0 Å². The van der Waals surface area contributed by atoms with Crippen molar-refractivity contribution in [1.82, 2.24) is 5.32 Å². The normalized spacial score (nSPS) is 15.6. The molecule has 1 aliphatic rings. The maximum atomic E-state index is 12.7. The first kappa shape index (κ1) is 17.4. The van der Waals surface area contributed by atoms with Gasteiger partial charge in [0.05, 0.1) is 5.56 Å². The second-order valence-corrected chi connectivity index (χ2v) is 7.07. The second-order valence-electron chi connectivity index (χ2n) is 6.09. The lowest BCUT2D eigenvalue weighted by molar-refractivity contribution is -0.120. The van der Waals surface area contributed by atoms with E-state index in [1.807, 2.05) is 23.6 Å². The Hall–Kier alpha value is -2.40. The molecule has 0 spiro atoms. The van der Waals surface area contributed by atoms with Crippen LogP contribution in [0.15, 0.2) is 53.6 Å². The van der Waals surface area contributed by atoms with Gasteiger partial charge in [-0.05, 0) is 36.4 Å². The van der Waals surface area contributed by atoms with Crippen LogP contribution in [0.5, 0.6) is 0 Å². The molecule has 1 amide bonds. The zero-order valence-corrected chi connectivity index (χ0v) is 14.8. The van der Waals surface area contributed by atoms with Crippen molar-refractivity contribution in [1.29, 1.82) is 0 Å². The van der Waals surface area contributed by atoms with Gasteiger partial charge in [-0.3, -0.25) is 4.79 Å². The number of esters is 1. The van der Waals surface area contributed by atoms with Crippen molar-refractivity contribution in [3.8, 4) is 0 Å². The van der Waals surface area contributed by atoms with Crippen LogP contribution in [0.2, 0.25) is 0 Å². The van der Waals surface area contributed by atoms with Crippen LogP contribution in [0.3, 0.4) is 0 Å². The molecule has 1 fully saturated rings. The first-order valence-corrected chi connectivity index (χ1v) is 9.43. The third-order valence-corrected chi connectivity index (χ3v) is 5.01. The summed E-state index contributed by atoms with van der Waals surface area (Å²) < 4.78 is 5.43. The number of ether oxygens (including phenoxy) is 1. The molecule has 0 aliphatic heterocycles. The molecule has 5 heteroatoms. The Labute approximate surface area is 151 Å². The Balaban J connectivity index is 1.75. The molecule has 0 bridgehead atoms. The predicted octanol–water partition coefficient (Wildman–Crippen LogP) is 4.39. The first-order chi connectivity index (χ1) is 12.2. The zero-order valence-electron chi connectivity index (χ0n) is 13.9. The molecule has 2 aromatic rings. The molecule has 3 rings (SSSR count). The molecule has 130 valence electrons. The minimum Gasteiger partial charge on any atom is -0.417 e. The van der Waals surface area contributed by atoms with Crippen LogP contribution in [-0.2, 0) is 9.53 Å². The van der Waals surface area contributed by atoms with Crippen LogP contribution in [0, 0.1) is 0 Å². The summed E-state index contributed by atoms with van der Waals surface area (Å²) in [5, 5.41) is 4.93. The monoisotopic (exact) mass is 355 g/mol. The molecule has 0 saturated heterocycles. The van der Waals surface area contributed by atoms with Gasteiger partial charge in [-0.1, -0.05) is 43.5 Å². The summed E-state index contributed by atoms with van der Waals surface area (Å²) in [6.45, 7) is 0. The lowest BCUT2D eigenvalue weighted by Gasteiger charge is -2.23. The number of nitrogens with one attached hydrogen (secondary N) is 1. The Morgan fingerprint density at radius 3 is 2.48 bits per heavy atom. The van der Waals surface area contributed by atoms with E-state index in [9.17, 15) is 9.59 Å². The van der Waals surface area contributed by atoms with E-state index in [1.54, 1.807) is 30.3 Å². The summed E-state index contributed by atoms with van der Waals surface area (Å²) in [5.41, 5.74) is 0.421. The van der Waals surface area contributed by atoms with Crippen LogP contribution in [0.25, 0.3) is 6.08 Å². The highest BCUT2D eigenvalue weighted by molar-refractivity contribution is 7.10. The van der Waals surface area contributed by atoms with Crippen molar-refractivity contribution < 1.29 is 14.3 Å². The number of rotatable bonds is 5. The number of carbonyl (C=O) groups excluding carboxylic acids is 2. The highest BCUT2D eigenvalue weighted by atomic mass is 32.1. The molecule has 1 N–H and O–H groups in total. The lowest BCUT2D eigenvalue weighted by Crippen LogP contribution is -2.37. The number of carbonyl (C=O) groups is 2. The minimum atomic E-state index is -0.526. The SMILES string of the molecule is O=C(NC1CCCCC1)/C(=C/c1cccs1)OC(=O)c1ccccc1. The number of amides is 1. The minimum absolute atomic E-state index is 0.0434. The largest absolute Gasteiger partial charge is 0.417 e. The van der Waals surface area contributed by atoms with Gasteiger partial charge in [0.25, 0.3) is 5.91 Å². The fraction of sp³-hybridized carbons (Fsp3) is 0.300. The zero-order chi connectivity index (χ0) is 17.5. The Bertz CT molecular complexity index is 732. The molecular formula is C20H21NO3S. The summed E-state index contributed by atoms with van der Waals surface area (Å²) >= 11 is 1.49. The van der Waals surface area contributed by atoms with E-state index in [-0.39, 0.29) is 17.7 Å². The summed E-state index contributed by atoms with van der Waals surface area (Å²) in [5.74, 6) is -0.811. The van der Waals surface area contributed by atoms with E-state index in [1.165, 1.54) is 17.8 Å². The van der Waals surface area contributed by atoms with E-state index in [0.717, 1.165) is 30.6 Å².